The van der Waals surface area contributed by atoms with E-state index in [2.05, 4.69) is 5.32 Å². The molecule has 1 unspecified atom stereocenters. The van der Waals surface area contributed by atoms with Gasteiger partial charge in [0.05, 0.1) is 12.5 Å². The molecule has 0 aliphatic rings. The second-order valence-electron chi connectivity index (χ2n) is 5.36. The Kier molecular flexibility index (Phi) is 10.2. The normalized spacial score (nSPS) is 12.1. The molecule has 0 spiro atoms. The lowest BCUT2D eigenvalue weighted by Crippen LogP contribution is -2.40. The molecular formula is C16H23ClF3N3O3. The molecule has 0 fully saturated rings. The Balaban J connectivity index is 0.00000625. The molecule has 1 aromatic rings. The lowest BCUT2D eigenvalue weighted by molar-refractivity contribution is -0.185. The number of methoxy groups -OCH3 is 1. The van der Waals surface area contributed by atoms with Gasteiger partial charge in [0.1, 0.15) is 0 Å². The minimum absolute atomic E-state index is 0. The molecule has 26 heavy (non-hydrogen) atoms. The van der Waals surface area contributed by atoms with Gasteiger partial charge in [-0.15, -0.1) is 12.4 Å². The molecule has 0 radical (unpaired) electrons. The summed E-state index contributed by atoms with van der Waals surface area (Å²) in [5, 5.41) is 2.63. The van der Waals surface area contributed by atoms with Crippen LogP contribution in [-0.2, 0) is 20.9 Å². The third kappa shape index (κ3) is 7.59. The Labute approximate surface area is 156 Å². The van der Waals surface area contributed by atoms with Crippen LogP contribution in [0.2, 0.25) is 0 Å². The topological polar surface area (TPSA) is 84.7 Å². The third-order valence-corrected chi connectivity index (χ3v) is 3.50. The number of nitrogens with zero attached hydrogens (tertiary/aromatic N) is 1. The van der Waals surface area contributed by atoms with Gasteiger partial charge in [-0.05, 0) is 24.6 Å². The van der Waals surface area contributed by atoms with Gasteiger partial charge in [0.2, 0.25) is 5.91 Å². The number of hydrogen-bond donors (Lipinski definition) is 2. The van der Waals surface area contributed by atoms with Crippen LogP contribution in [0.1, 0.15) is 18.9 Å². The van der Waals surface area contributed by atoms with Crippen molar-refractivity contribution in [3.8, 4) is 0 Å². The summed E-state index contributed by atoms with van der Waals surface area (Å²) in [7, 11) is 1.45. The van der Waals surface area contributed by atoms with Crippen molar-refractivity contribution in [2.75, 3.05) is 25.5 Å². The number of ether oxygens (including phenoxy) is 1. The van der Waals surface area contributed by atoms with Gasteiger partial charge in [-0.2, -0.15) is 13.2 Å². The number of amides is 2. The summed E-state index contributed by atoms with van der Waals surface area (Å²) in [4.78, 5) is 24.0. The molecule has 0 saturated carbocycles. The lowest BCUT2D eigenvalue weighted by Gasteiger charge is -2.22. The van der Waals surface area contributed by atoms with Gasteiger partial charge in [0.15, 0.2) is 0 Å². The number of nitrogens with two attached hydrogens (primary N) is 1. The highest BCUT2D eigenvalue weighted by Crippen LogP contribution is 2.21. The van der Waals surface area contributed by atoms with E-state index in [-0.39, 0.29) is 44.4 Å². The highest BCUT2D eigenvalue weighted by molar-refractivity contribution is 5.91. The summed E-state index contributed by atoms with van der Waals surface area (Å²) in [5.74, 6) is -2.22. The maximum atomic E-state index is 12.6. The number of rotatable bonds is 8. The van der Waals surface area contributed by atoms with Crippen LogP contribution >= 0.6 is 12.4 Å². The van der Waals surface area contributed by atoms with Crippen LogP contribution < -0.4 is 11.1 Å². The monoisotopic (exact) mass is 397 g/mol. The number of anilines is 1. The fourth-order valence-corrected chi connectivity index (χ4v) is 2.16. The highest BCUT2D eigenvalue weighted by Gasteiger charge is 2.41. The molecule has 0 saturated heterocycles. The summed E-state index contributed by atoms with van der Waals surface area (Å²) in [6, 6.07) is 6.30. The smallest absolute Gasteiger partial charge is 0.380 e. The van der Waals surface area contributed by atoms with Crippen molar-refractivity contribution in [1.82, 2.24) is 4.90 Å². The molecule has 1 rings (SSSR count). The molecule has 3 N–H and O–H groups in total. The predicted octanol–water partition coefficient (Wildman–Crippen LogP) is 2.32. The van der Waals surface area contributed by atoms with E-state index in [4.69, 9.17) is 10.5 Å². The van der Waals surface area contributed by atoms with E-state index in [9.17, 15) is 22.8 Å². The van der Waals surface area contributed by atoms with E-state index in [1.54, 1.807) is 18.2 Å². The summed E-state index contributed by atoms with van der Waals surface area (Å²) in [6.07, 6.45) is -5.27. The first-order chi connectivity index (χ1) is 11.7. The maximum Gasteiger partial charge on any atom is 0.471 e. The predicted molar refractivity (Wildman–Crippen MR) is 93.9 cm³/mol. The molecule has 0 aromatic heterocycles. The van der Waals surface area contributed by atoms with E-state index >= 15 is 0 Å². The van der Waals surface area contributed by atoms with Crippen LogP contribution in [-0.4, -0.2) is 49.2 Å². The molecule has 0 bridgehead atoms. The Bertz CT molecular complexity index is 596. The first-order valence-corrected chi connectivity index (χ1v) is 7.69. The first kappa shape index (κ1) is 24.2. The fourth-order valence-electron chi connectivity index (χ4n) is 2.16. The molecule has 148 valence electrons. The van der Waals surface area contributed by atoms with Crippen LogP contribution in [0.5, 0.6) is 0 Å². The molecule has 10 heteroatoms. The minimum atomic E-state index is -4.92. The van der Waals surface area contributed by atoms with Crippen molar-refractivity contribution in [3.05, 3.63) is 29.8 Å². The zero-order valence-corrected chi connectivity index (χ0v) is 15.3. The number of alkyl halides is 3. The maximum absolute atomic E-state index is 12.6. The second-order valence-corrected chi connectivity index (χ2v) is 5.36. The Hall–Kier alpha value is -1.84. The van der Waals surface area contributed by atoms with Crippen molar-refractivity contribution in [1.29, 1.82) is 0 Å². The van der Waals surface area contributed by atoms with Gasteiger partial charge in [-0.1, -0.05) is 12.1 Å². The van der Waals surface area contributed by atoms with Crippen molar-refractivity contribution in [2.24, 2.45) is 5.73 Å². The Morgan fingerprint density at radius 3 is 2.50 bits per heavy atom. The molecule has 2 amide bonds. The molecule has 0 aliphatic carbocycles. The van der Waals surface area contributed by atoms with Gasteiger partial charge in [0, 0.05) is 32.4 Å². The minimum Gasteiger partial charge on any atom is -0.380 e. The van der Waals surface area contributed by atoms with Gasteiger partial charge in [-0.25, -0.2) is 0 Å². The van der Waals surface area contributed by atoms with Gasteiger partial charge >= 0.3 is 12.1 Å². The van der Waals surface area contributed by atoms with Gasteiger partial charge in [0.25, 0.3) is 0 Å². The molecule has 1 atom stereocenters. The van der Waals surface area contributed by atoms with E-state index in [0.717, 1.165) is 0 Å². The molecular weight excluding hydrogens is 375 g/mol. The quantitative estimate of drug-likeness (QED) is 0.705. The summed E-state index contributed by atoms with van der Waals surface area (Å²) in [5.41, 5.74) is 6.34. The molecule has 0 aliphatic heterocycles. The largest absolute Gasteiger partial charge is 0.471 e. The van der Waals surface area contributed by atoms with Crippen LogP contribution in [0.15, 0.2) is 24.3 Å². The number of nitrogens with one attached hydrogen (secondary N) is 1. The average molecular weight is 398 g/mol. The SMILES string of the molecule is CCN(Cc1cccc(NC(=O)CC(CN)OC)c1)C(=O)C(F)(F)F.Cl. The van der Waals surface area contributed by atoms with Crippen molar-refractivity contribution in [3.63, 3.8) is 0 Å². The standard InChI is InChI=1S/C16H22F3N3O3.ClH/c1-3-22(15(24)16(17,18)19)10-11-5-4-6-12(7-11)21-14(23)8-13(9-20)25-2;/h4-7,13H,3,8-10,20H2,1-2H3,(H,21,23);1H. The Morgan fingerprint density at radius 2 is 2.00 bits per heavy atom. The number of halogens is 4. The highest BCUT2D eigenvalue weighted by atomic mass is 35.5. The van der Waals surface area contributed by atoms with Gasteiger partial charge in [-0.3, -0.25) is 9.59 Å². The van der Waals surface area contributed by atoms with Crippen molar-refractivity contribution in [2.45, 2.75) is 32.2 Å². The van der Waals surface area contributed by atoms with E-state index in [1.165, 1.54) is 20.1 Å². The van der Waals surface area contributed by atoms with Crippen LogP contribution in [0.4, 0.5) is 18.9 Å². The second kappa shape index (κ2) is 11.0. The molecule has 0 heterocycles. The number of carbonyl (C=O) groups excluding carboxylic acids is 2. The Morgan fingerprint density at radius 1 is 1.35 bits per heavy atom. The molecule has 6 nitrogen and oxygen atoms in total. The van der Waals surface area contributed by atoms with Crippen LogP contribution in [0.25, 0.3) is 0 Å². The zero-order chi connectivity index (χ0) is 19.0. The fraction of sp³-hybridized carbons (Fsp3) is 0.500. The van der Waals surface area contributed by atoms with Crippen molar-refractivity contribution >= 4 is 29.9 Å². The van der Waals surface area contributed by atoms with E-state index < -0.39 is 18.2 Å². The number of hydrogen-bond acceptors (Lipinski definition) is 4. The van der Waals surface area contributed by atoms with Crippen molar-refractivity contribution < 1.29 is 27.5 Å². The number of benzene rings is 1. The molecule has 1 aromatic carbocycles. The van der Waals surface area contributed by atoms with E-state index in [0.29, 0.717) is 16.2 Å². The van der Waals surface area contributed by atoms with E-state index in [1.807, 2.05) is 0 Å². The number of carbonyl (C=O) groups is 2. The lowest BCUT2D eigenvalue weighted by atomic mass is 10.1. The average Bonchev–Trinajstić information content (AvgIpc) is 2.56. The van der Waals surface area contributed by atoms with Crippen LogP contribution in [0, 0.1) is 0 Å². The van der Waals surface area contributed by atoms with Gasteiger partial charge < -0.3 is 20.7 Å². The summed E-state index contributed by atoms with van der Waals surface area (Å²) < 4.78 is 42.7. The summed E-state index contributed by atoms with van der Waals surface area (Å²) >= 11 is 0. The summed E-state index contributed by atoms with van der Waals surface area (Å²) in [6.45, 7) is 1.37. The third-order valence-electron chi connectivity index (χ3n) is 3.50. The zero-order valence-electron chi connectivity index (χ0n) is 14.5. The van der Waals surface area contributed by atoms with Crippen LogP contribution in [0.3, 0.4) is 0 Å². The first-order valence-electron chi connectivity index (χ1n) is 7.69.